The Balaban J connectivity index is 1.98. The molecule has 1 aromatic rings. The lowest BCUT2D eigenvalue weighted by Gasteiger charge is -2.31. The molecule has 1 N–H and O–H groups in total. The third kappa shape index (κ3) is 4.41. The summed E-state index contributed by atoms with van der Waals surface area (Å²) in [6.07, 6.45) is 6.66. The summed E-state index contributed by atoms with van der Waals surface area (Å²) in [4.78, 5) is 4.30. The largest absolute Gasteiger partial charge is 0.381 e. The third-order valence-electron chi connectivity index (χ3n) is 3.90. The Labute approximate surface area is 127 Å². The predicted octanol–water partition coefficient (Wildman–Crippen LogP) is 2.21. The summed E-state index contributed by atoms with van der Waals surface area (Å²) in [7, 11) is -3.06. The zero-order valence-electron chi connectivity index (χ0n) is 13.3. The van der Waals surface area contributed by atoms with Crippen LogP contribution in [0.5, 0.6) is 0 Å². The van der Waals surface area contributed by atoms with Gasteiger partial charge in [-0.2, -0.15) is 0 Å². The minimum absolute atomic E-state index is 0.0738. The molecule has 0 amide bonds. The van der Waals surface area contributed by atoms with E-state index in [0.717, 1.165) is 18.5 Å². The molecule has 0 aliphatic carbocycles. The summed E-state index contributed by atoms with van der Waals surface area (Å²) in [6.45, 7) is 7.67. The summed E-state index contributed by atoms with van der Waals surface area (Å²) in [5.41, 5.74) is 2.28. The fraction of sp³-hybridized carbons (Fsp3) is 0.667. The first kappa shape index (κ1) is 16.2. The van der Waals surface area contributed by atoms with Crippen molar-refractivity contribution in [3.05, 3.63) is 24.0 Å². The number of rotatable bonds is 3. The van der Waals surface area contributed by atoms with Gasteiger partial charge in [0.1, 0.15) is 0 Å². The molecular weight excluding hydrogens is 286 g/mol. The third-order valence-corrected chi connectivity index (χ3v) is 5.20. The van der Waals surface area contributed by atoms with Crippen LogP contribution in [0.4, 0.5) is 5.69 Å². The van der Waals surface area contributed by atoms with E-state index in [0.29, 0.717) is 19.1 Å². The topological polar surface area (TPSA) is 62.3 Å². The summed E-state index contributed by atoms with van der Waals surface area (Å²) < 4.78 is 24.6. The molecule has 2 heterocycles. The van der Waals surface area contributed by atoms with Gasteiger partial charge in [0.05, 0.1) is 11.9 Å². The van der Waals surface area contributed by atoms with E-state index in [-0.39, 0.29) is 5.41 Å². The van der Waals surface area contributed by atoms with Crippen molar-refractivity contribution in [3.63, 3.8) is 0 Å². The second-order valence-corrected chi connectivity index (χ2v) is 8.78. The first-order valence-corrected chi connectivity index (χ1v) is 9.18. The van der Waals surface area contributed by atoms with Gasteiger partial charge in [-0.1, -0.05) is 20.8 Å². The van der Waals surface area contributed by atoms with Crippen molar-refractivity contribution in [2.45, 2.75) is 45.1 Å². The lowest BCUT2D eigenvalue weighted by atomic mass is 9.88. The van der Waals surface area contributed by atoms with Gasteiger partial charge >= 0.3 is 0 Å². The number of hydrogen-bond donors (Lipinski definition) is 1. The molecular formula is C15H25N3O2S. The van der Waals surface area contributed by atoms with Crippen molar-refractivity contribution in [2.75, 3.05) is 24.7 Å². The molecule has 0 unspecified atom stereocenters. The highest BCUT2D eigenvalue weighted by atomic mass is 32.2. The maximum atomic E-state index is 11.5. The summed E-state index contributed by atoms with van der Waals surface area (Å²) >= 11 is 0. The van der Waals surface area contributed by atoms with Crippen LogP contribution in [0.15, 0.2) is 18.5 Å². The van der Waals surface area contributed by atoms with Gasteiger partial charge in [-0.15, -0.1) is 0 Å². The van der Waals surface area contributed by atoms with Gasteiger partial charge in [0, 0.05) is 31.5 Å². The number of nitrogens with zero attached hydrogens (tertiary/aromatic N) is 2. The van der Waals surface area contributed by atoms with Crippen LogP contribution in [0.1, 0.15) is 39.2 Å². The highest BCUT2D eigenvalue weighted by molar-refractivity contribution is 7.88. The van der Waals surface area contributed by atoms with Gasteiger partial charge in [-0.05, 0) is 29.9 Å². The minimum Gasteiger partial charge on any atom is -0.381 e. The molecule has 118 valence electrons. The molecule has 1 fully saturated rings. The standard InChI is InChI=1S/C15H25N3O2S/c1-15(2,3)12-9-14(11-16-10-12)17-13-5-7-18(8-6-13)21(4,19)20/h9-11,13,17H,5-8H2,1-4H3. The van der Waals surface area contributed by atoms with E-state index in [1.807, 2.05) is 12.4 Å². The molecule has 1 aromatic heterocycles. The molecule has 0 bridgehead atoms. The van der Waals surface area contributed by atoms with E-state index in [4.69, 9.17) is 0 Å². The molecule has 0 atom stereocenters. The zero-order chi connectivity index (χ0) is 15.7. The second kappa shape index (κ2) is 5.93. The molecule has 1 aliphatic rings. The predicted molar refractivity (Wildman–Crippen MR) is 86.0 cm³/mol. The first-order valence-electron chi connectivity index (χ1n) is 7.33. The van der Waals surface area contributed by atoms with Crippen molar-refractivity contribution in [2.24, 2.45) is 0 Å². The van der Waals surface area contributed by atoms with Gasteiger partial charge in [0.15, 0.2) is 0 Å². The molecule has 1 saturated heterocycles. The fourth-order valence-corrected chi connectivity index (χ4v) is 3.37. The number of hydrogen-bond acceptors (Lipinski definition) is 4. The molecule has 0 radical (unpaired) electrons. The minimum atomic E-state index is -3.06. The fourth-order valence-electron chi connectivity index (χ4n) is 2.50. The van der Waals surface area contributed by atoms with E-state index in [9.17, 15) is 8.42 Å². The van der Waals surface area contributed by atoms with Gasteiger partial charge in [-0.3, -0.25) is 4.98 Å². The van der Waals surface area contributed by atoms with Crippen molar-refractivity contribution >= 4 is 15.7 Å². The van der Waals surface area contributed by atoms with E-state index >= 15 is 0 Å². The van der Waals surface area contributed by atoms with Crippen LogP contribution in [0.25, 0.3) is 0 Å². The highest BCUT2D eigenvalue weighted by Crippen LogP contribution is 2.25. The molecule has 0 aromatic carbocycles. The van der Waals surface area contributed by atoms with Gasteiger partial charge in [0.25, 0.3) is 0 Å². The molecule has 0 saturated carbocycles. The van der Waals surface area contributed by atoms with Gasteiger partial charge in [-0.25, -0.2) is 12.7 Å². The lowest BCUT2D eigenvalue weighted by Crippen LogP contribution is -2.41. The van der Waals surface area contributed by atoms with Crippen LogP contribution >= 0.6 is 0 Å². The Kier molecular flexibility index (Phi) is 4.58. The van der Waals surface area contributed by atoms with Crippen LogP contribution in [-0.4, -0.2) is 43.1 Å². The number of aromatic nitrogens is 1. The average molecular weight is 311 g/mol. The Bertz CT molecular complexity index is 585. The Morgan fingerprint density at radius 3 is 2.38 bits per heavy atom. The van der Waals surface area contributed by atoms with Crippen LogP contribution in [-0.2, 0) is 15.4 Å². The Morgan fingerprint density at radius 1 is 1.24 bits per heavy atom. The number of piperidine rings is 1. The van der Waals surface area contributed by atoms with Crippen LogP contribution < -0.4 is 5.32 Å². The lowest BCUT2D eigenvalue weighted by molar-refractivity contribution is 0.332. The average Bonchev–Trinajstić information content (AvgIpc) is 2.37. The number of anilines is 1. The van der Waals surface area contributed by atoms with Gasteiger partial charge in [0.2, 0.25) is 10.0 Å². The molecule has 6 heteroatoms. The molecule has 2 rings (SSSR count). The summed E-state index contributed by atoms with van der Waals surface area (Å²) in [6, 6.07) is 2.44. The van der Waals surface area contributed by atoms with Gasteiger partial charge < -0.3 is 5.32 Å². The Morgan fingerprint density at radius 2 is 1.86 bits per heavy atom. The van der Waals surface area contributed by atoms with E-state index in [2.05, 4.69) is 37.1 Å². The second-order valence-electron chi connectivity index (χ2n) is 6.79. The molecule has 5 nitrogen and oxygen atoms in total. The maximum Gasteiger partial charge on any atom is 0.211 e. The van der Waals surface area contributed by atoms with Crippen molar-refractivity contribution in [1.29, 1.82) is 0 Å². The first-order chi connectivity index (χ1) is 9.66. The summed E-state index contributed by atoms with van der Waals surface area (Å²) in [5, 5.41) is 3.48. The zero-order valence-corrected chi connectivity index (χ0v) is 14.1. The highest BCUT2D eigenvalue weighted by Gasteiger charge is 2.25. The van der Waals surface area contributed by atoms with Crippen molar-refractivity contribution in [3.8, 4) is 0 Å². The SMILES string of the molecule is CC(C)(C)c1cncc(NC2CCN(S(C)(=O)=O)CC2)c1. The quantitative estimate of drug-likeness (QED) is 0.929. The normalized spacial score (nSPS) is 18.7. The number of nitrogens with one attached hydrogen (secondary N) is 1. The van der Waals surface area contributed by atoms with E-state index in [1.165, 1.54) is 11.8 Å². The number of sulfonamides is 1. The van der Waals surface area contributed by atoms with Crippen molar-refractivity contribution in [1.82, 2.24) is 9.29 Å². The van der Waals surface area contributed by atoms with Crippen LogP contribution in [0.3, 0.4) is 0 Å². The Hall–Kier alpha value is -1.14. The number of pyridine rings is 1. The summed E-state index contributed by atoms with van der Waals surface area (Å²) in [5.74, 6) is 0. The van der Waals surface area contributed by atoms with E-state index in [1.54, 1.807) is 4.31 Å². The molecule has 1 aliphatic heterocycles. The maximum absolute atomic E-state index is 11.5. The molecule has 0 spiro atoms. The monoisotopic (exact) mass is 311 g/mol. The molecule has 21 heavy (non-hydrogen) atoms. The van der Waals surface area contributed by atoms with Crippen molar-refractivity contribution < 1.29 is 8.42 Å². The van der Waals surface area contributed by atoms with E-state index < -0.39 is 10.0 Å². The van der Waals surface area contributed by atoms with Crippen LogP contribution in [0, 0.1) is 0 Å². The smallest absolute Gasteiger partial charge is 0.211 e. The van der Waals surface area contributed by atoms with Crippen LogP contribution in [0.2, 0.25) is 0 Å².